The van der Waals surface area contributed by atoms with Gasteiger partial charge in [0.1, 0.15) is 0 Å². The molecule has 0 unspecified atom stereocenters. The first-order valence-corrected chi connectivity index (χ1v) is 11.5. The van der Waals surface area contributed by atoms with Crippen molar-refractivity contribution in [1.82, 2.24) is 4.57 Å². The van der Waals surface area contributed by atoms with Crippen molar-refractivity contribution >= 4 is 52.1 Å². The summed E-state index contributed by atoms with van der Waals surface area (Å²) in [6.07, 6.45) is 0. The van der Waals surface area contributed by atoms with Crippen molar-refractivity contribution < 1.29 is 0 Å². The molecule has 0 saturated carbocycles. The van der Waals surface area contributed by atoms with E-state index in [0.717, 1.165) is 24.7 Å². The van der Waals surface area contributed by atoms with E-state index < -0.39 is 0 Å². The van der Waals surface area contributed by atoms with Crippen LogP contribution in [0.4, 0.5) is 5.69 Å². The fourth-order valence-electron chi connectivity index (χ4n) is 2.67. The Morgan fingerprint density at radius 3 is 2.00 bits per heavy atom. The van der Waals surface area contributed by atoms with Crippen LogP contribution in [0.2, 0.25) is 0 Å². The topological polar surface area (TPSA) is 17.3 Å². The standard InChI is InChI=1S/C21H14Br2N2Se/c22-16-6-10-18(11-7-16)24-21-25(19-12-8-17(23)9-13-19)20(14-26-21)15-4-2-1-3-5-15/h1-14H. The van der Waals surface area contributed by atoms with Gasteiger partial charge >= 0.3 is 176 Å². The van der Waals surface area contributed by atoms with Crippen LogP contribution in [0.5, 0.6) is 0 Å². The normalized spacial score (nSPS) is 11.7. The van der Waals surface area contributed by atoms with Crippen molar-refractivity contribution in [3.8, 4) is 16.9 Å². The first kappa shape index (κ1) is 17.7. The fourth-order valence-corrected chi connectivity index (χ4v) is 5.14. The second-order valence-electron chi connectivity index (χ2n) is 5.67. The van der Waals surface area contributed by atoms with Gasteiger partial charge in [0, 0.05) is 0 Å². The molecule has 0 aliphatic carbocycles. The Morgan fingerprint density at radius 1 is 0.731 bits per heavy atom. The quantitative estimate of drug-likeness (QED) is 0.290. The first-order valence-electron chi connectivity index (χ1n) is 8.03. The van der Waals surface area contributed by atoms with E-state index in [2.05, 4.69) is 89.9 Å². The summed E-state index contributed by atoms with van der Waals surface area (Å²) in [6, 6.07) is 27.0. The van der Waals surface area contributed by atoms with Crippen LogP contribution >= 0.6 is 31.9 Å². The Labute approximate surface area is 174 Å². The Balaban J connectivity index is 1.93. The number of hydrogen-bond donors (Lipinski definition) is 0. The van der Waals surface area contributed by atoms with Crippen LogP contribution in [0.1, 0.15) is 0 Å². The van der Waals surface area contributed by atoms with Crippen LogP contribution in [0.15, 0.2) is 97.7 Å². The SMILES string of the molecule is Brc1ccc(N=c2[se]cc(-c3ccccc3)n2-c2ccc(Br)cc2)cc1. The van der Waals surface area contributed by atoms with Crippen LogP contribution in [0.3, 0.4) is 0 Å². The zero-order chi connectivity index (χ0) is 17.9. The summed E-state index contributed by atoms with van der Waals surface area (Å²) < 4.78 is 5.49. The van der Waals surface area contributed by atoms with E-state index in [1.54, 1.807) is 0 Å². The molecule has 1 heterocycles. The first-order chi connectivity index (χ1) is 12.7. The molecular weight excluding hydrogens is 519 g/mol. The van der Waals surface area contributed by atoms with Gasteiger partial charge in [0.2, 0.25) is 0 Å². The zero-order valence-corrected chi connectivity index (χ0v) is 18.5. The fraction of sp³-hybridized carbons (Fsp3) is 0. The molecule has 0 bridgehead atoms. The number of benzene rings is 3. The Hall–Kier alpha value is -1.65. The van der Waals surface area contributed by atoms with Gasteiger partial charge in [0.15, 0.2) is 0 Å². The predicted molar refractivity (Wildman–Crippen MR) is 115 cm³/mol. The molecule has 0 aliphatic rings. The van der Waals surface area contributed by atoms with Crippen molar-refractivity contribution in [2.75, 3.05) is 0 Å². The molecule has 1 aromatic heterocycles. The van der Waals surface area contributed by atoms with Gasteiger partial charge in [-0.1, -0.05) is 0 Å². The third-order valence-corrected chi connectivity index (χ3v) is 6.70. The van der Waals surface area contributed by atoms with Crippen LogP contribution in [0, 0.1) is 0 Å². The van der Waals surface area contributed by atoms with Crippen molar-refractivity contribution in [3.63, 3.8) is 0 Å². The van der Waals surface area contributed by atoms with E-state index in [0.29, 0.717) is 0 Å². The van der Waals surface area contributed by atoms with Crippen LogP contribution in [-0.4, -0.2) is 19.1 Å². The Bertz CT molecular complexity index is 1080. The summed E-state index contributed by atoms with van der Waals surface area (Å²) in [7, 11) is 0. The minimum atomic E-state index is 0.172. The number of halogens is 2. The average Bonchev–Trinajstić information content (AvgIpc) is 3.08. The molecule has 4 rings (SSSR count). The molecule has 0 N–H and O–H groups in total. The van der Waals surface area contributed by atoms with Gasteiger partial charge in [0.25, 0.3) is 0 Å². The van der Waals surface area contributed by atoms with Crippen molar-refractivity contribution in [1.29, 1.82) is 0 Å². The molecule has 0 spiro atoms. The van der Waals surface area contributed by atoms with Gasteiger partial charge < -0.3 is 0 Å². The molecule has 0 fully saturated rings. The van der Waals surface area contributed by atoms with Gasteiger partial charge in [-0.15, -0.1) is 0 Å². The van der Waals surface area contributed by atoms with E-state index in [1.807, 2.05) is 30.3 Å². The van der Waals surface area contributed by atoms with Gasteiger partial charge in [-0.05, 0) is 0 Å². The number of nitrogens with zero attached hydrogens (tertiary/aromatic N) is 2. The Morgan fingerprint density at radius 2 is 1.35 bits per heavy atom. The summed E-state index contributed by atoms with van der Waals surface area (Å²) in [6.45, 7) is 0. The summed E-state index contributed by atoms with van der Waals surface area (Å²) in [5.41, 5.74) is 4.50. The molecule has 4 aromatic rings. The molecule has 128 valence electrons. The van der Waals surface area contributed by atoms with E-state index in [4.69, 9.17) is 4.99 Å². The average molecular weight is 533 g/mol. The van der Waals surface area contributed by atoms with E-state index in [1.165, 1.54) is 11.3 Å². The number of aromatic nitrogens is 1. The maximum atomic E-state index is 4.94. The molecule has 3 aromatic carbocycles. The van der Waals surface area contributed by atoms with E-state index >= 15 is 0 Å². The predicted octanol–water partition coefficient (Wildman–Crippen LogP) is 5.96. The van der Waals surface area contributed by atoms with E-state index in [-0.39, 0.29) is 14.5 Å². The van der Waals surface area contributed by atoms with Crippen molar-refractivity contribution in [2.24, 2.45) is 4.99 Å². The van der Waals surface area contributed by atoms with Gasteiger partial charge in [0.05, 0.1) is 0 Å². The minimum absolute atomic E-state index is 0.172. The molecule has 0 aliphatic heterocycles. The molecule has 2 nitrogen and oxygen atoms in total. The van der Waals surface area contributed by atoms with Gasteiger partial charge in [-0.2, -0.15) is 0 Å². The zero-order valence-electron chi connectivity index (χ0n) is 13.6. The molecule has 5 heteroatoms. The third-order valence-electron chi connectivity index (χ3n) is 3.91. The molecule has 0 atom stereocenters. The monoisotopic (exact) mass is 532 g/mol. The summed E-state index contributed by atoms with van der Waals surface area (Å²) in [4.78, 5) is 7.25. The van der Waals surface area contributed by atoms with Crippen LogP contribution < -0.4 is 4.36 Å². The molecule has 0 amide bonds. The molecule has 0 saturated heterocycles. The summed E-state index contributed by atoms with van der Waals surface area (Å²) >= 11 is 7.18. The van der Waals surface area contributed by atoms with Crippen LogP contribution in [0.25, 0.3) is 16.9 Å². The third kappa shape index (κ3) is 3.86. The maximum absolute atomic E-state index is 4.94. The van der Waals surface area contributed by atoms with Crippen LogP contribution in [-0.2, 0) is 0 Å². The number of hydrogen-bond acceptors (Lipinski definition) is 1. The van der Waals surface area contributed by atoms with E-state index in [9.17, 15) is 0 Å². The molecule has 26 heavy (non-hydrogen) atoms. The summed E-state index contributed by atoms with van der Waals surface area (Å²) in [5, 5.41) is 0. The van der Waals surface area contributed by atoms with Crippen molar-refractivity contribution in [3.05, 3.63) is 97.1 Å². The molecular formula is C21H14Br2N2Se. The summed E-state index contributed by atoms with van der Waals surface area (Å²) in [5.74, 6) is 0. The Kier molecular flexibility index (Phi) is 5.41. The number of rotatable bonds is 3. The second kappa shape index (κ2) is 7.93. The van der Waals surface area contributed by atoms with Crippen molar-refractivity contribution in [2.45, 2.75) is 0 Å². The second-order valence-corrected chi connectivity index (χ2v) is 9.26. The van der Waals surface area contributed by atoms with Gasteiger partial charge in [-0.25, -0.2) is 0 Å². The molecule has 0 radical (unpaired) electrons. The van der Waals surface area contributed by atoms with Gasteiger partial charge in [-0.3, -0.25) is 0 Å².